The van der Waals surface area contributed by atoms with Crippen molar-refractivity contribution in [1.29, 1.82) is 0 Å². The molecule has 3 rings (SSSR count). The molecular formula is C17H23N5OS. The summed E-state index contributed by atoms with van der Waals surface area (Å²) in [6.07, 6.45) is 4.45. The first-order chi connectivity index (χ1) is 11.8. The van der Waals surface area contributed by atoms with Crippen LogP contribution in [0.3, 0.4) is 0 Å². The van der Waals surface area contributed by atoms with Crippen molar-refractivity contribution >= 4 is 17.4 Å². The van der Waals surface area contributed by atoms with Crippen LogP contribution in [0.25, 0.3) is 0 Å². The van der Waals surface area contributed by atoms with Gasteiger partial charge in [-0.25, -0.2) is 9.78 Å². The molecule has 3 heterocycles. The molecule has 2 aromatic heterocycles. The van der Waals surface area contributed by atoms with Crippen molar-refractivity contribution in [3.8, 4) is 0 Å². The summed E-state index contributed by atoms with van der Waals surface area (Å²) in [6.45, 7) is 6.14. The second kappa shape index (κ2) is 8.21. The summed E-state index contributed by atoms with van der Waals surface area (Å²) in [4.78, 5) is 25.4. The molecular weight excluding hydrogens is 322 g/mol. The number of amides is 2. The van der Waals surface area contributed by atoms with Gasteiger partial charge in [-0.1, -0.05) is 13.0 Å². The Kier molecular flexibility index (Phi) is 5.77. The highest BCUT2D eigenvalue weighted by atomic mass is 32.1. The normalized spacial score (nSPS) is 16.8. The molecule has 1 fully saturated rings. The Balaban J connectivity index is 1.48. The van der Waals surface area contributed by atoms with E-state index in [9.17, 15) is 4.79 Å². The van der Waals surface area contributed by atoms with E-state index < -0.39 is 0 Å². The molecule has 1 N–H and O–H groups in total. The topological polar surface area (TPSA) is 61.4 Å². The van der Waals surface area contributed by atoms with Crippen LogP contribution >= 0.6 is 11.3 Å². The van der Waals surface area contributed by atoms with Crippen LogP contribution in [0.2, 0.25) is 0 Å². The highest BCUT2D eigenvalue weighted by molar-refractivity contribution is 7.09. The minimum Gasteiger partial charge on any atom is -0.329 e. The number of urea groups is 1. The van der Waals surface area contributed by atoms with Crippen LogP contribution in [-0.2, 0) is 6.54 Å². The number of hydrogen-bond donors (Lipinski definition) is 1. The largest absolute Gasteiger partial charge is 0.329 e. The van der Waals surface area contributed by atoms with E-state index in [4.69, 9.17) is 0 Å². The zero-order valence-corrected chi connectivity index (χ0v) is 14.7. The molecule has 1 saturated heterocycles. The van der Waals surface area contributed by atoms with Crippen molar-refractivity contribution in [3.05, 3.63) is 46.7 Å². The average Bonchev–Trinajstić information content (AvgIpc) is 3.15. The maximum absolute atomic E-state index is 12.5. The minimum absolute atomic E-state index is 0.00375. The van der Waals surface area contributed by atoms with E-state index in [1.54, 1.807) is 17.5 Å². The Morgan fingerprint density at radius 3 is 2.71 bits per heavy atom. The standard InChI is InChI=1S/C17H23N5OS/c1-2-15(16-19-7-12-24-16)20-17(23)22-10-8-21(9-11-22)13-14-5-3-4-6-18-14/h3-7,12,15H,2,8-11,13H2,1H3,(H,20,23). The van der Waals surface area contributed by atoms with Gasteiger partial charge in [0.15, 0.2) is 0 Å². The van der Waals surface area contributed by atoms with Crippen LogP contribution in [0.15, 0.2) is 36.0 Å². The fourth-order valence-electron chi connectivity index (χ4n) is 2.82. The van der Waals surface area contributed by atoms with Crippen molar-refractivity contribution < 1.29 is 4.79 Å². The van der Waals surface area contributed by atoms with Gasteiger partial charge in [0.1, 0.15) is 5.01 Å². The highest BCUT2D eigenvalue weighted by Crippen LogP contribution is 2.19. The van der Waals surface area contributed by atoms with Gasteiger partial charge in [-0.2, -0.15) is 0 Å². The lowest BCUT2D eigenvalue weighted by Gasteiger charge is -2.35. The molecule has 1 atom stereocenters. The molecule has 0 radical (unpaired) electrons. The molecule has 0 aromatic carbocycles. The quantitative estimate of drug-likeness (QED) is 0.904. The summed E-state index contributed by atoms with van der Waals surface area (Å²) in [7, 11) is 0. The van der Waals surface area contributed by atoms with Crippen LogP contribution in [0, 0.1) is 0 Å². The number of nitrogens with one attached hydrogen (secondary N) is 1. The van der Waals surface area contributed by atoms with Gasteiger partial charge in [0.05, 0.1) is 11.7 Å². The molecule has 2 amide bonds. The van der Waals surface area contributed by atoms with Crippen molar-refractivity contribution in [2.75, 3.05) is 26.2 Å². The monoisotopic (exact) mass is 345 g/mol. The zero-order valence-electron chi connectivity index (χ0n) is 13.9. The first-order valence-corrected chi connectivity index (χ1v) is 9.21. The van der Waals surface area contributed by atoms with Gasteiger partial charge in [-0.05, 0) is 18.6 Å². The smallest absolute Gasteiger partial charge is 0.318 e. The summed E-state index contributed by atoms with van der Waals surface area (Å²) >= 11 is 1.59. The van der Waals surface area contributed by atoms with Crippen LogP contribution in [0.5, 0.6) is 0 Å². The molecule has 24 heavy (non-hydrogen) atoms. The molecule has 1 aliphatic heterocycles. The lowest BCUT2D eigenvalue weighted by atomic mass is 10.2. The first-order valence-electron chi connectivity index (χ1n) is 8.33. The molecule has 1 unspecified atom stereocenters. The summed E-state index contributed by atoms with van der Waals surface area (Å²) in [5.74, 6) is 0. The number of nitrogens with zero attached hydrogens (tertiary/aromatic N) is 4. The first kappa shape index (κ1) is 16.9. The lowest BCUT2D eigenvalue weighted by molar-refractivity contribution is 0.132. The molecule has 0 bridgehead atoms. The average molecular weight is 345 g/mol. The van der Waals surface area contributed by atoms with Gasteiger partial charge in [0, 0.05) is 50.5 Å². The number of thiazole rings is 1. The third kappa shape index (κ3) is 4.30. The predicted molar refractivity (Wildman–Crippen MR) is 94.8 cm³/mol. The Morgan fingerprint density at radius 1 is 1.25 bits per heavy atom. The van der Waals surface area contributed by atoms with Gasteiger partial charge in [-0.3, -0.25) is 9.88 Å². The number of rotatable bonds is 5. The number of carbonyl (C=O) groups is 1. The fraction of sp³-hybridized carbons (Fsp3) is 0.471. The Bertz CT molecular complexity index is 626. The van der Waals surface area contributed by atoms with E-state index in [0.29, 0.717) is 0 Å². The van der Waals surface area contributed by atoms with Crippen LogP contribution < -0.4 is 5.32 Å². The van der Waals surface area contributed by atoms with E-state index in [1.807, 2.05) is 34.7 Å². The third-order valence-corrected chi connectivity index (χ3v) is 5.12. The maximum atomic E-state index is 12.5. The summed E-state index contributed by atoms with van der Waals surface area (Å²) < 4.78 is 0. The van der Waals surface area contributed by atoms with Crippen LogP contribution in [0.4, 0.5) is 4.79 Å². The van der Waals surface area contributed by atoms with Gasteiger partial charge in [-0.15, -0.1) is 11.3 Å². The van der Waals surface area contributed by atoms with E-state index in [-0.39, 0.29) is 12.1 Å². The SMILES string of the molecule is CCC(NC(=O)N1CCN(Cc2ccccn2)CC1)c1nccs1. The van der Waals surface area contributed by atoms with E-state index in [0.717, 1.165) is 49.8 Å². The van der Waals surface area contributed by atoms with E-state index in [2.05, 4.69) is 27.1 Å². The fourth-order valence-corrected chi connectivity index (χ4v) is 3.59. The van der Waals surface area contributed by atoms with E-state index >= 15 is 0 Å². The van der Waals surface area contributed by atoms with Crippen molar-refractivity contribution in [1.82, 2.24) is 25.1 Å². The molecule has 0 aliphatic carbocycles. The van der Waals surface area contributed by atoms with Crippen LogP contribution in [-0.4, -0.2) is 52.0 Å². The van der Waals surface area contributed by atoms with Gasteiger partial charge in [0.25, 0.3) is 0 Å². The van der Waals surface area contributed by atoms with Gasteiger partial charge in [0.2, 0.25) is 0 Å². The Hall–Kier alpha value is -1.99. The Morgan fingerprint density at radius 2 is 2.08 bits per heavy atom. The second-order valence-electron chi connectivity index (χ2n) is 5.86. The second-order valence-corrected chi connectivity index (χ2v) is 6.79. The van der Waals surface area contributed by atoms with Gasteiger partial charge >= 0.3 is 6.03 Å². The number of pyridine rings is 1. The van der Waals surface area contributed by atoms with E-state index in [1.165, 1.54) is 0 Å². The van der Waals surface area contributed by atoms with Crippen molar-refractivity contribution in [2.24, 2.45) is 0 Å². The molecule has 0 spiro atoms. The van der Waals surface area contributed by atoms with Crippen molar-refractivity contribution in [3.63, 3.8) is 0 Å². The predicted octanol–water partition coefficient (Wildman–Crippen LogP) is 2.52. The molecule has 7 heteroatoms. The minimum atomic E-state index is 0.00375. The summed E-state index contributed by atoms with van der Waals surface area (Å²) in [5.41, 5.74) is 1.07. The molecule has 6 nitrogen and oxygen atoms in total. The van der Waals surface area contributed by atoms with Crippen LogP contribution in [0.1, 0.15) is 30.1 Å². The molecule has 2 aromatic rings. The summed E-state index contributed by atoms with van der Waals surface area (Å²) in [6, 6.07) is 5.99. The number of piperazine rings is 1. The number of aromatic nitrogens is 2. The molecule has 128 valence electrons. The van der Waals surface area contributed by atoms with Crippen molar-refractivity contribution in [2.45, 2.75) is 25.9 Å². The molecule has 1 aliphatic rings. The zero-order chi connectivity index (χ0) is 16.8. The summed E-state index contributed by atoms with van der Waals surface area (Å²) in [5, 5.41) is 6.02. The highest BCUT2D eigenvalue weighted by Gasteiger charge is 2.24. The molecule has 0 saturated carbocycles. The van der Waals surface area contributed by atoms with Gasteiger partial charge < -0.3 is 10.2 Å². The third-order valence-electron chi connectivity index (χ3n) is 4.23. The lowest BCUT2D eigenvalue weighted by Crippen LogP contribution is -2.52. The Labute approximate surface area is 146 Å². The number of carbonyl (C=O) groups excluding carboxylic acids is 1. The number of hydrogen-bond acceptors (Lipinski definition) is 5. The maximum Gasteiger partial charge on any atom is 0.318 e.